The Balaban J connectivity index is 1.33. The summed E-state index contributed by atoms with van der Waals surface area (Å²) in [5, 5.41) is 2.55. The van der Waals surface area contributed by atoms with E-state index in [1.807, 2.05) is 24.3 Å². The third-order valence-electron chi connectivity index (χ3n) is 8.10. The van der Waals surface area contributed by atoms with Crippen molar-refractivity contribution in [3.8, 4) is 11.1 Å². The van der Waals surface area contributed by atoms with Crippen LogP contribution in [0.1, 0.15) is 40.7 Å². The van der Waals surface area contributed by atoms with Crippen LogP contribution in [0.15, 0.2) is 164 Å². The van der Waals surface area contributed by atoms with Crippen LogP contribution in [0.3, 0.4) is 0 Å². The Morgan fingerprint density at radius 2 is 1.12 bits per heavy atom. The molecule has 0 bridgehead atoms. The van der Waals surface area contributed by atoms with E-state index in [0.29, 0.717) is 5.92 Å². The molecule has 1 nitrogen and oxygen atoms in total. The van der Waals surface area contributed by atoms with Crippen molar-refractivity contribution >= 4 is 22.0 Å². The molecular formula is C41H35N. The normalized spacial score (nSPS) is 12.8. The number of rotatable bonds is 8. The lowest BCUT2D eigenvalue weighted by Crippen LogP contribution is -1.97. The molecule has 0 fully saturated rings. The molecule has 0 amide bonds. The highest BCUT2D eigenvalue weighted by Crippen LogP contribution is 2.33. The van der Waals surface area contributed by atoms with Crippen LogP contribution < -0.4 is 5.73 Å². The molecular weight excluding hydrogens is 506 g/mol. The Kier molecular flexibility index (Phi) is 8.10. The minimum Gasteiger partial charge on any atom is -0.398 e. The van der Waals surface area contributed by atoms with Crippen molar-refractivity contribution in [1.29, 1.82) is 0 Å². The summed E-state index contributed by atoms with van der Waals surface area (Å²) in [6.45, 7) is 2.27. The Hall–Kier alpha value is -5.14. The molecule has 1 heteroatoms. The first-order valence-electron chi connectivity index (χ1n) is 14.6. The van der Waals surface area contributed by atoms with Gasteiger partial charge in [-0.25, -0.2) is 0 Å². The molecule has 6 rings (SSSR count). The molecule has 0 saturated heterocycles. The lowest BCUT2D eigenvalue weighted by atomic mass is 9.90. The van der Waals surface area contributed by atoms with Crippen LogP contribution in [0.5, 0.6) is 0 Å². The van der Waals surface area contributed by atoms with Crippen LogP contribution >= 0.6 is 0 Å². The first kappa shape index (κ1) is 27.1. The van der Waals surface area contributed by atoms with Gasteiger partial charge in [0.2, 0.25) is 0 Å². The molecule has 1 atom stereocenters. The summed E-state index contributed by atoms with van der Waals surface area (Å²) in [5.41, 5.74) is 17.1. The van der Waals surface area contributed by atoms with Gasteiger partial charge in [0.15, 0.2) is 0 Å². The maximum absolute atomic E-state index is 6.56. The molecule has 204 valence electrons. The quantitative estimate of drug-likeness (QED) is 0.191. The minimum atomic E-state index is 0.356. The molecule has 42 heavy (non-hydrogen) atoms. The molecule has 0 aliphatic carbocycles. The third kappa shape index (κ3) is 5.96. The lowest BCUT2D eigenvalue weighted by molar-refractivity contribution is 0.923. The molecule has 0 aromatic heterocycles. The van der Waals surface area contributed by atoms with Crippen LogP contribution in [0, 0.1) is 0 Å². The van der Waals surface area contributed by atoms with Crippen molar-refractivity contribution in [2.75, 3.05) is 0 Å². The van der Waals surface area contributed by atoms with E-state index in [2.05, 4.69) is 146 Å². The predicted octanol–water partition coefficient (Wildman–Crippen LogP) is 10.3. The van der Waals surface area contributed by atoms with Gasteiger partial charge in [-0.15, -0.1) is 0 Å². The number of fused-ring (bicyclic) bond motifs is 1. The lowest BCUT2D eigenvalue weighted by Gasteiger charge is -2.15. The second-order valence-corrected chi connectivity index (χ2v) is 10.8. The van der Waals surface area contributed by atoms with Crippen molar-refractivity contribution in [3.63, 3.8) is 0 Å². The first-order chi connectivity index (χ1) is 20.7. The third-order valence-corrected chi connectivity index (χ3v) is 8.10. The van der Waals surface area contributed by atoms with Gasteiger partial charge in [-0.05, 0) is 67.8 Å². The fourth-order valence-corrected chi connectivity index (χ4v) is 5.67. The van der Waals surface area contributed by atoms with Gasteiger partial charge in [0.25, 0.3) is 0 Å². The van der Waals surface area contributed by atoms with Crippen LogP contribution in [0.25, 0.3) is 33.2 Å². The second kappa shape index (κ2) is 12.6. The zero-order valence-electron chi connectivity index (χ0n) is 24.0. The van der Waals surface area contributed by atoms with E-state index in [0.717, 1.165) is 28.8 Å². The van der Waals surface area contributed by atoms with E-state index in [4.69, 9.17) is 5.73 Å². The Morgan fingerprint density at radius 1 is 0.571 bits per heavy atom. The molecule has 0 saturated carbocycles. The van der Waals surface area contributed by atoms with E-state index >= 15 is 0 Å². The topological polar surface area (TPSA) is 26.0 Å². The number of hydrogen-bond donors (Lipinski definition) is 1. The fraction of sp³-hybridized carbons (Fsp3) is 0.0732. The van der Waals surface area contributed by atoms with Crippen molar-refractivity contribution in [1.82, 2.24) is 0 Å². The van der Waals surface area contributed by atoms with E-state index in [1.54, 1.807) is 0 Å². The van der Waals surface area contributed by atoms with Crippen LogP contribution in [-0.4, -0.2) is 0 Å². The maximum Gasteiger partial charge on any atom is 0.0393 e. The molecule has 6 aromatic rings. The Labute approximate surface area is 249 Å². The van der Waals surface area contributed by atoms with Crippen molar-refractivity contribution in [2.24, 2.45) is 5.73 Å². The summed E-state index contributed by atoms with van der Waals surface area (Å²) in [6, 6.07) is 53.7. The van der Waals surface area contributed by atoms with E-state index in [1.165, 1.54) is 38.6 Å². The highest BCUT2D eigenvalue weighted by Gasteiger charge is 2.11. The molecule has 0 aliphatic heterocycles. The predicted molar refractivity (Wildman–Crippen MR) is 180 cm³/mol. The molecule has 1 unspecified atom stereocenters. The summed E-state index contributed by atoms with van der Waals surface area (Å²) in [6.07, 6.45) is 5.20. The SMILES string of the molecule is CC(c1ccccc1)c1ccc(-c2ccc(C/C=C(\C=C(/N)c3ccccc3)c3ccccc3)c3ccccc23)cc1. The summed E-state index contributed by atoms with van der Waals surface area (Å²) in [7, 11) is 0. The standard InChI is InChI=1S/C41H35N/c1-30(31-13-5-2-6-14-31)32-21-23-34(24-22-32)39-28-27-35(38-19-11-12-20-40(38)39)25-26-37(33-15-7-3-8-16-33)29-41(42)36-17-9-4-10-18-36/h2-24,26-30H,25,42H2,1H3/b37-26+,41-29-. The number of hydrogen-bond acceptors (Lipinski definition) is 1. The van der Waals surface area contributed by atoms with Gasteiger partial charge in [0, 0.05) is 11.6 Å². The zero-order chi connectivity index (χ0) is 28.7. The largest absolute Gasteiger partial charge is 0.398 e. The van der Waals surface area contributed by atoms with E-state index < -0.39 is 0 Å². The van der Waals surface area contributed by atoms with Crippen LogP contribution in [0.2, 0.25) is 0 Å². The maximum atomic E-state index is 6.56. The van der Waals surface area contributed by atoms with Crippen LogP contribution in [-0.2, 0) is 6.42 Å². The molecule has 0 heterocycles. The average Bonchev–Trinajstić information content (AvgIpc) is 3.07. The highest BCUT2D eigenvalue weighted by molar-refractivity contribution is 5.98. The van der Waals surface area contributed by atoms with Crippen molar-refractivity contribution in [3.05, 3.63) is 192 Å². The van der Waals surface area contributed by atoms with Crippen LogP contribution in [0.4, 0.5) is 0 Å². The molecule has 2 N–H and O–H groups in total. The molecule has 0 radical (unpaired) electrons. The van der Waals surface area contributed by atoms with E-state index in [9.17, 15) is 0 Å². The monoisotopic (exact) mass is 541 g/mol. The van der Waals surface area contributed by atoms with Gasteiger partial charge in [0.1, 0.15) is 0 Å². The smallest absolute Gasteiger partial charge is 0.0393 e. The first-order valence-corrected chi connectivity index (χ1v) is 14.6. The van der Waals surface area contributed by atoms with Crippen molar-refractivity contribution in [2.45, 2.75) is 19.3 Å². The summed E-state index contributed by atoms with van der Waals surface area (Å²) < 4.78 is 0. The van der Waals surface area contributed by atoms with Crippen molar-refractivity contribution < 1.29 is 0 Å². The second-order valence-electron chi connectivity index (χ2n) is 10.8. The molecule has 6 aromatic carbocycles. The summed E-state index contributed by atoms with van der Waals surface area (Å²) in [5.74, 6) is 0.356. The average molecular weight is 542 g/mol. The molecule has 0 aliphatic rings. The highest BCUT2D eigenvalue weighted by atomic mass is 14.6. The fourth-order valence-electron chi connectivity index (χ4n) is 5.67. The Bertz CT molecular complexity index is 1830. The number of allylic oxidation sites excluding steroid dienone is 3. The van der Waals surface area contributed by atoms with Gasteiger partial charge < -0.3 is 5.73 Å². The van der Waals surface area contributed by atoms with Gasteiger partial charge in [-0.3, -0.25) is 0 Å². The Morgan fingerprint density at radius 3 is 1.79 bits per heavy atom. The van der Waals surface area contributed by atoms with Gasteiger partial charge >= 0.3 is 0 Å². The van der Waals surface area contributed by atoms with Gasteiger partial charge in [-0.2, -0.15) is 0 Å². The van der Waals surface area contributed by atoms with Gasteiger partial charge in [-0.1, -0.05) is 165 Å². The summed E-state index contributed by atoms with van der Waals surface area (Å²) in [4.78, 5) is 0. The minimum absolute atomic E-state index is 0.356. The molecule has 0 spiro atoms. The number of benzene rings is 6. The number of nitrogens with two attached hydrogens (primary N) is 1. The summed E-state index contributed by atoms with van der Waals surface area (Å²) >= 11 is 0. The van der Waals surface area contributed by atoms with E-state index in [-0.39, 0.29) is 0 Å². The zero-order valence-corrected chi connectivity index (χ0v) is 24.0. The van der Waals surface area contributed by atoms with Gasteiger partial charge in [0.05, 0.1) is 0 Å².